The number of carbonyl (C=O) groups is 1. The molecule has 4 aliphatic rings. The zero-order chi connectivity index (χ0) is 21.5. The standard InChI is InChI=1S/C26H44O3Se/c1-17(5-4-14-30-16-24(28)29)21-8-9-22-20-7-6-18-15-19(27)10-12-25(18,2)23(20)11-13-26(21,22)3/h17-23,27H,4-16H2,1-3H3,(H,28,29)/t17-,18-,19-,20+,21-,22+,23+,25+,26-/m1/s1. The van der Waals surface area contributed by atoms with Gasteiger partial charge in [0.25, 0.3) is 0 Å². The Labute approximate surface area is 190 Å². The van der Waals surface area contributed by atoms with Crippen LogP contribution in [0.4, 0.5) is 0 Å². The predicted molar refractivity (Wildman–Crippen MR) is 123 cm³/mol. The molecule has 3 nitrogen and oxygen atoms in total. The molecule has 4 fully saturated rings. The molecule has 4 heteroatoms. The molecule has 0 radical (unpaired) electrons. The molecule has 0 amide bonds. The minimum absolute atomic E-state index is 0.0398. The van der Waals surface area contributed by atoms with E-state index >= 15 is 0 Å². The van der Waals surface area contributed by atoms with E-state index in [2.05, 4.69) is 20.8 Å². The Bertz CT molecular complexity index is 623. The fraction of sp³-hybridized carbons (Fsp3) is 0.962. The summed E-state index contributed by atoms with van der Waals surface area (Å²) in [5.74, 6) is 4.54. The number of hydrogen-bond donors (Lipinski definition) is 2. The van der Waals surface area contributed by atoms with E-state index in [1.807, 2.05) is 0 Å². The summed E-state index contributed by atoms with van der Waals surface area (Å²) in [4.78, 5) is 10.8. The van der Waals surface area contributed by atoms with Crippen molar-refractivity contribution in [2.45, 2.75) is 108 Å². The molecule has 4 rings (SSSR count). The molecule has 30 heavy (non-hydrogen) atoms. The monoisotopic (exact) mass is 484 g/mol. The first-order chi connectivity index (χ1) is 14.3. The van der Waals surface area contributed by atoms with Gasteiger partial charge in [0, 0.05) is 0 Å². The average Bonchev–Trinajstić information content (AvgIpc) is 3.05. The van der Waals surface area contributed by atoms with Gasteiger partial charge in [-0.05, 0) is 0 Å². The van der Waals surface area contributed by atoms with Crippen molar-refractivity contribution in [1.82, 2.24) is 0 Å². The molecule has 9 atom stereocenters. The number of aliphatic carboxylic acids is 1. The van der Waals surface area contributed by atoms with Gasteiger partial charge in [-0.1, -0.05) is 0 Å². The van der Waals surface area contributed by atoms with Crippen LogP contribution >= 0.6 is 0 Å². The second kappa shape index (κ2) is 9.06. The van der Waals surface area contributed by atoms with Crippen molar-refractivity contribution in [3.8, 4) is 0 Å². The summed E-state index contributed by atoms with van der Waals surface area (Å²) in [5, 5.41) is 20.6. The van der Waals surface area contributed by atoms with Crippen molar-refractivity contribution < 1.29 is 15.0 Å². The van der Waals surface area contributed by atoms with Crippen LogP contribution in [0.3, 0.4) is 0 Å². The first-order valence-corrected chi connectivity index (χ1v) is 15.2. The summed E-state index contributed by atoms with van der Waals surface area (Å²) in [6.07, 6.45) is 14.3. The molecule has 4 aliphatic carbocycles. The molecule has 0 aromatic rings. The second-order valence-electron chi connectivity index (χ2n) is 11.9. The van der Waals surface area contributed by atoms with E-state index in [4.69, 9.17) is 5.11 Å². The summed E-state index contributed by atoms with van der Waals surface area (Å²) in [5.41, 5.74) is 1.02. The van der Waals surface area contributed by atoms with Gasteiger partial charge in [-0.2, -0.15) is 0 Å². The third-order valence-corrected chi connectivity index (χ3v) is 12.7. The van der Waals surface area contributed by atoms with Gasteiger partial charge in [-0.15, -0.1) is 0 Å². The van der Waals surface area contributed by atoms with Crippen LogP contribution in [0.1, 0.15) is 91.4 Å². The van der Waals surface area contributed by atoms with Crippen LogP contribution in [0, 0.1) is 46.3 Å². The first kappa shape index (κ1) is 23.1. The van der Waals surface area contributed by atoms with Crippen LogP contribution in [0.15, 0.2) is 0 Å². The maximum absolute atomic E-state index is 10.8. The van der Waals surface area contributed by atoms with Crippen molar-refractivity contribution in [2.75, 3.05) is 0 Å². The number of carboxylic acids is 1. The van der Waals surface area contributed by atoms with E-state index < -0.39 is 5.97 Å². The molecular formula is C26H44O3Se. The molecular weight excluding hydrogens is 439 g/mol. The maximum atomic E-state index is 10.8. The zero-order valence-electron chi connectivity index (χ0n) is 19.4. The third-order valence-electron chi connectivity index (χ3n) is 10.6. The van der Waals surface area contributed by atoms with E-state index in [9.17, 15) is 9.90 Å². The normalized spacial score (nSPS) is 46.5. The minimum atomic E-state index is -0.623. The van der Waals surface area contributed by atoms with Gasteiger partial charge in [-0.3, -0.25) is 0 Å². The Morgan fingerprint density at radius 2 is 1.77 bits per heavy atom. The number of rotatable bonds is 7. The Balaban J connectivity index is 1.38. The topological polar surface area (TPSA) is 57.5 Å². The van der Waals surface area contributed by atoms with Gasteiger partial charge >= 0.3 is 179 Å². The van der Waals surface area contributed by atoms with Gasteiger partial charge in [0.1, 0.15) is 0 Å². The fourth-order valence-corrected chi connectivity index (χ4v) is 10.5. The molecule has 0 unspecified atom stereocenters. The zero-order valence-corrected chi connectivity index (χ0v) is 21.2. The molecule has 0 aromatic heterocycles. The van der Waals surface area contributed by atoms with Crippen molar-refractivity contribution in [3.63, 3.8) is 0 Å². The summed E-state index contributed by atoms with van der Waals surface area (Å²) >= 11 is 0.285. The first-order valence-electron chi connectivity index (χ1n) is 12.7. The number of fused-ring (bicyclic) bond motifs is 5. The van der Waals surface area contributed by atoms with Crippen LogP contribution in [0.2, 0.25) is 10.6 Å². The number of aliphatic hydroxyl groups excluding tert-OH is 1. The molecule has 0 bridgehead atoms. The molecule has 2 N–H and O–H groups in total. The van der Waals surface area contributed by atoms with E-state index in [1.54, 1.807) is 0 Å². The Morgan fingerprint density at radius 1 is 1.03 bits per heavy atom. The molecule has 0 aromatic carbocycles. The van der Waals surface area contributed by atoms with Crippen molar-refractivity contribution >= 4 is 20.9 Å². The van der Waals surface area contributed by atoms with Crippen molar-refractivity contribution in [2.24, 2.45) is 46.3 Å². The SMILES string of the molecule is C[C@H](CCC[Se]CC(=O)O)[C@H]1CC[C@H]2[C@@H]3CC[C@@H]4C[C@H](O)CC[C@]4(C)[C@H]3CC[C@]12C. The van der Waals surface area contributed by atoms with E-state index in [1.165, 1.54) is 57.8 Å². The Hall–Kier alpha value is -0.0505. The quantitative estimate of drug-likeness (QED) is 0.342. The molecule has 4 saturated carbocycles. The Morgan fingerprint density at radius 3 is 2.53 bits per heavy atom. The van der Waals surface area contributed by atoms with E-state index in [-0.39, 0.29) is 21.1 Å². The van der Waals surface area contributed by atoms with Crippen LogP contribution < -0.4 is 0 Å². The van der Waals surface area contributed by atoms with Crippen LogP contribution in [-0.4, -0.2) is 37.2 Å². The Kier molecular flexibility index (Phi) is 6.99. The number of hydrogen-bond acceptors (Lipinski definition) is 2. The van der Waals surface area contributed by atoms with E-state index in [0.29, 0.717) is 16.1 Å². The molecule has 172 valence electrons. The van der Waals surface area contributed by atoms with Gasteiger partial charge in [0.2, 0.25) is 0 Å². The summed E-state index contributed by atoms with van der Waals surface area (Å²) in [6.45, 7) is 7.74. The molecule has 0 aliphatic heterocycles. The molecule has 0 saturated heterocycles. The second-order valence-corrected chi connectivity index (χ2v) is 14.2. The predicted octanol–water partition coefficient (Wildman–Crippen LogP) is 6.05. The van der Waals surface area contributed by atoms with Crippen LogP contribution in [-0.2, 0) is 4.79 Å². The van der Waals surface area contributed by atoms with Crippen molar-refractivity contribution in [3.05, 3.63) is 0 Å². The third kappa shape index (κ3) is 4.15. The van der Waals surface area contributed by atoms with Gasteiger partial charge in [0.05, 0.1) is 6.10 Å². The van der Waals surface area contributed by atoms with Gasteiger partial charge < -0.3 is 5.11 Å². The summed E-state index contributed by atoms with van der Waals surface area (Å²) < 4.78 is 0. The summed E-state index contributed by atoms with van der Waals surface area (Å²) in [7, 11) is 0. The van der Waals surface area contributed by atoms with E-state index in [0.717, 1.165) is 53.7 Å². The van der Waals surface area contributed by atoms with Gasteiger partial charge in [-0.25, -0.2) is 0 Å². The number of carboxylic acid groups (broad SMARTS) is 1. The number of aliphatic hydroxyl groups is 1. The van der Waals surface area contributed by atoms with Crippen LogP contribution in [0.5, 0.6) is 0 Å². The fourth-order valence-electron chi connectivity index (χ4n) is 9.08. The van der Waals surface area contributed by atoms with Crippen molar-refractivity contribution in [1.29, 1.82) is 0 Å². The van der Waals surface area contributed by atoms with Gasteiger partial charge in [0.15, 0.2) is 0 Å². The average molecular weight is 484 g/mol. The molecule has 0 spiro atoms. The molecule has 0 heterocycles. The summed E-state index contributed by atoms with van der Waals surface area (Å²) in [6, 6.07) is 0. The van der Waals surface area contributed by atoms with Crippen LogP contribution in [0.25, 0.3) is 0 Å².